The Bertz CT molecular complexity index is 576. The number of carbonyl (C=O) groups is 1. The van der Waals surface area contributed by atoms with Gasteiger partial charge in [-0.3, -0.25) is 4.79 Å². The van der Waals surface area contributed by atoms with Crippen LogP contribution in [0.25, 0.3) is 0 Å². The molecule has 0 unspecified atom stereocenters. The Balaban J connectivity index is 2.15. The molecule has 0 saturated carbocycles. The van der Waals surface area contributed by atoms with Crippen molar-refractivity contribution in [2.45, 2.75) is 19.8 Å². The van der Waals surface area contributed by atoms with Crippen LogP contribution in [0.15, 0.2) is 22.3 Å². The average molecular weight is 244 g/mol. The molecule has 0 spiro atoms. The molecule has 92 valence electrons. The number of fused-ring (bicyclic) bond motifs is 2. The van der Waals surface area contributed by atoms with Crippen LogP contribution >= 0.6 is 0 Å². The lowest BCUT2D eigenvalue weighted by molar-refractivity contribution is -0.112. The molecule has 2 aliphatic rings. The van der Waals surface area contributed by atoms with Gasteiger partial charge in [-0.2, -0.15) is 5.10 Å². The highest BCUT2D eigenvalue weighted by molar-refractivity contribution is 6.46. The summed E-state index contributed by atoms with van der Waals surface area (Å²) in [4.78, 5) is 11.9. The van der Waals surface area contributed by atoms with Gasteiger partial charge in [-0.25, -0.2) is 0 Å². The van der Waals surface area contributed by atoms with Crippen molar-refractivity contribution in [1.29, 1.82) is 0 Å². The molecule has 0 saturated heterocycles. The minimum atomic E-state index is -0.0193. The third-order valence-corrected chi connectivity index (χ3v) is 2.99. The Labute approximate surface area is 104 Å². The number of ether oxygens (including phenoxy) is 2. The zero-order valence-corrected chi connectivity index (χ0v) is 9.97. The summed E-state index contributed by atoms with van der Waals surface area (Å²) in [6, 6.07) is 3.71. The topological polar surface area (TPSA) is 60.2 Å². The molecule has 2 aliphatic heterocycles. The van der Waals surface area contributed by atoms with Crippen LogP contribution in [0.4, 0.5) is 0 Å². The molecule has 5 heteroatoms. The smallest absolute Gasteiger partial charge is 0.231 e. The van der Waals surface area contributed by atoms with Crippen molar-refractivity contribution in [3.8, 4) is 11.5 Å². The first-order chi connectivity index (χ1) is 8.79. The van der Waals surface area contributed by atoms with Gasteiger partial charge in [-0.1, -0.05) is 6.92 Å². The third-order valence-electron chi connectivity index (χ3n) is 2.99. The molecule has 0 bridgehead atoms. The number of nitrogens with zero attached hydrogens (tertiary/aromatic N) is 2. The van der Waals surface area contributed by atoms with E-state index < -0.39 is 0 Å². The van der Waals surface area contributed by atoms with E-state index in [2.05, 4.69) is 10.2 Å². The Kier molecular flexibility index (Phi) is 2.59. The van der Waals surface area contributed by atoms with Gasteiger partial charge in [-0.05, 0) is 17.7 Å². The first-order valence-corrected chi connectivity index (χ1v) is 5.85. The lowest BCUT2D eigenvalue weighted by Gasteiger charge is -2.08. The van der Waals surface area contributed by atoms with Gasteiger partial charge in [0.1, 0.15) is 5.71 Å². The summed E-state index contributed by atoms with van der Waals surface area (Å²) < 4.78 is 10.7. The van der Waals surface area contributed by atoms with E-state index in [-0.39, 0.29) is 12.6 Å². The lowest BCUT2D eigenvalue weighted by atomic mass is 9.97. The summed E-state index contributed by atoms with van der Waals surface area (Å²) in [6.45, 7) is 2.03. The molecule has 0 aromatic heterocycles. The lowest BCUT2D eigenvalue weighted by Crippen LogP contribution is -2.15. The highest BCUT2D eigenvalue weighted by Crippen LogP contribution is 2.35. The first kappa shape index (κ1) is 11.0. The van der Waals surface area contributed by atoms with Gasteiger partial charge in [0, 0.05) is 24.6 Å². The van der Waals surface area contributed by atoms with E-state index >= 15 is 0 Å². The normalized spacial score (nSPS) is 15.9. The molecule has 5 nitrogen and oxygen atoms in total. The summed E-state index contributed by atoms with van der Waals surface area (Å²) >= 11 is 0. The molecular weight excluding hydrogens is 232 g/mol. The van der Waals surface area contributed by atoms with Crippen LogP contribution in [0.1, 0.15) is 24.5 Å². The number of carbonyl (C=O) groups excluding carboxylic acids is 1. The highest BCUT2D eigenvalue weighted by Gasteiger charge is 2.23. The standard InChI is InChI=1S/C13H12N2O3/c1-2-10(16)13-9-6-12-11(17-7-18-12)5-8(9)3-4-14-15-13/h4-6H,2-3,7H2,1H3. The number of benzene rings is 1. The molecule has 3 rings (SSSR count). The number of hydrogen-bond acceptors (Lipinski definition) is 5. The molecule has 1 aromatic carbocycles. The summed E-state index contributed by atoms with van der Waals surface area (Å²) in [7, 11) is 0. The molecule has 18 heavy (non-hydrogen) atoms. The fourth-order valence-corrected chi connectivity index (χ4v) is 2.04. The van der Waals surface area contributed by atoms with Crippen molar-refractivity contribution in [3.05, 3.63) is 23.3 Å². The maximum atomic E-state index is 11.9. The van der Waals surface area contributed by atoms with Gasteiger partial charge in [0.2, 0.25) is 6.79 Å². The molecule has 2 heterocycles. The molecule has 0 atom stereocenters. The summed E-state index contributed by atoms with van der Waals surface area (Å²) in [5.74, 6) is 1.36. The Hall–Kier alpha value is -2.17. The second kappa shape index (κ2) is 4.25. The summed E-state index contributed by atoms with van der Waals surface area (Å²) in [5, 5.41) is 7.90. The van der Waals surface area contributed by atoms with Crippen molar-refractivity contribution in [2.75, 3.05) is 6.79 Å². The van der Waals surface area contributed by atoms with Crippen molar-refractivity contribution < 1.29 is 14.3 Å². The predicted octanol–water partition coefficient (Wildman–Crippen LogP) is 1.73. The molecule has 1 aromatic rings. The van der Waals surface area contributed by atoms with Crippen LogP contribution in [0.5, 0.6) is 11.5 Å². The molecule has 0 N–H and O–H groups in total. The van der Waals surface area contributed by atoms with Gasteiger partial charge < -0.3 is 9.47 Å². The maximum absolute atomic E-state index is 11.9. The van der Waals surface area contributed by atoms with Crippen LogP contribution < -0.4 is 9.47 Å². The fraction of sp³-hybridized carbons (Fsp3) is 0.308. The molecule has 0 amide bonds. The van der Waals surface area contributed by atoms with E-state index in [1.807, 2.05) is 19.1 Å². The SMILES string of the molecule is CCC(=O)C1=NN=CCc2cc3c(cc21)OCO3. The van der Waals surface area contributed by atoms with Gasteiger partial charge in [0.25, 0.3) is 0 Å². The third kappa shape index (κ3) is 1.68. The van der Waals surface area contributed by atoms with Gasteiger partial charge in [-0.15, -0.1) is 5.10 Å². The number of Topliss-reactive ketones (excluding diaryl/α,β-unsaturated/α-hetero) is 1. The van der Waals surface area contributed by atoms with Crippen LogP contribution in [0.3, 0.4) is 0 Å². The maximum Gasteiger partial charge on any atom is 0.231 e. The number of hydrogen-bond donors (Lipinski definition) is 0. The zero-order valence-electron chi connectivity index (χ0n) is 9.97. The minimum Gasteiger partial charge on any atom is -0.454 e. The van der Waals surface area contributed by atoms with Crippen molar-refractivity contribution in [2.24, 2.45) is 10.2 Å². The fourth-order valence-electron chi connectivity index (χ4n) is 2.04. The Morgan fingerprint density at radius 3 is 2.89 bits per heavy atom. The van der Waals surface area contributed by atoms with Gasteiger partial charge in [0.15, 0.2) is 17.3 Å². The van der Waals surface area contributed by atoms with Crippen molar-refractivity contribution in [3.63, 3.8) is 0 Å². The average Bonchev–Trinajstić information content (AvgIpc) is 2.74. The van der Waals surface area contributed by atoms with E-state index in [1.54, 1.807) is 6.21 Å². The van der Waals surface area contributed by atoms with Crippen LogP contribution in [-0.4, -0.2) is 24.5 Å². The zero-order chi connectivity index (χ0) is 12.5. The van der Waals surface area contributed by atoms with E-state index in [9.17, 15) is 4.79 Å². The second-order valence-corrected chi connectivity index (χ2v) is 4.09. The van der Waals surface area contributed by atoms with Gasteiger partial charge >= 0.3 is 0 Å². The van der Waals surface area contributed by atoms with E-state index in [1.165, 1.54) is 0 Å². The van der Waals surface area contributed by atoms with Crippen LogP contribution in [-0.2, 0) is 11.2 Å². The summed E-state index contributed by atoms with van der Waals surface area (Å²) in [6.07, 6.45) is 2.73. The van der Waals surface area contributed by atoms with E-state index in [0.29, 0.717) is 30.1 Å². The predicted molar refractivity (Wildman–Crippen MR) is 66.6 cm³/mol. The van der Waals surface area contributed by atoms with Crippen molar-refractivity contribution >= 4 is 17.7 Å². The molecule has 0 radical (unpaired) electrons. The number of ketones is 1. The van der Waals surface area contributed by atoms with E-state index in [4.69, 9.17) is 9.47 Å². The molecule has 0 aliphatic carbocycles. The quantitative estimate of drug-likeness (QED) is 0.795. The Morgan fingerprint density at radius 2 is 2.11 bits per heavy atom. The highest BCUT2D eigenvalue weighted by atomic mass is 16.7. The summed E-state index contributed by atoms with van der Waals surface area (Å²) in [5.41, 5.74) is 2.18. The second-order valence-electron chi connectivity index (χ2n) is 4.09. The molecule has 0 fully saturated rings. The monoisotopic (exact) mass is 244 g/mol. The van der Waals surface area contributed by atoms with Crippen molar-refractivity contribution in [1.82, 2.24) is 0 Å². The number of rotatable bonds is 2. The Morgan fingerprint density at radius 1 is 1.33 bits per heavy atom. The first-order valence-electron chi connectivity index (χ1n) is 5.85. The van der Waals surface area contributed by atoms with Crippen LogP contribution in [0, 0.1) is 0 Å². The van der Waals surface area contributed by atoms with Crippen LogP contribution in [0.2, 0.25) is 0 Å². The largest absolute Gasteiger partial charge is 0.454 e. The molecular formula is C13H12N2O3. The van der Waals surface area contributed by atoms with E-state index in [0.717, 1.165) is 11.1 Å². The minimum absolute atomic E-state index is 0.0193. The van der Waals surface area contributed by atoms with Gasteiger partial charge in [0.05, 0.1) is 0 Å².